The molecular weight excluding hydrogens is 239 g/mol. The summed E-state index contributed by atoms with van der Waals surface area (Å²) in [6.07, 6.45) is 1.21. The molecule has 1 aromatic carbocycles. The molecular formula is C12H9FN2O3. The molecule has 0 amide bonds. The first kappa shape index (κ1) is 12.0. The van der Waals surface area contributed by atoms with Crippen LogP contribution in [0.25, 0.3) is 11.3 Å². The highest BCUT2D eigenvalue weighted by Gasteiger charge is 2.10. The number of H-pyrrole nitrogens is 1. The minimum Gasteiger partial charge on any atom is -0.465 e. The minimum atomic E-state index is -0.652. The fourth-order valence-electron chi connectivity index (χ4n) is 1.50. The molecule has 1 aromatic heterocycles. The number of aromatic amines is 1. The Morgan fingerprint density at radius 2 is 2.11 bits per heavy atom. The van der Waals surface area contributed by atoms with Crippen molar-refractivity contribution in [3.05, 3.63) is 52.3 Å². The maximum Gasteiger partial charge on any atom is 0.337 e. The molecule has 2 rings (SSSR count). The van der Waals surface area contributed by atoms with Crippen LogP contribution >= 0.6 is 0 Å². The first-order valence-corrected chi connectivity index (χ1v) is 5.04. The van der Waals surface area contributed by atoms with E-state index in [0.29, 0.717) is 5.56 Å². The van der Waals surface area contributed by atoms with Gasteiger partial charge in [-0.1, -0.05) is 0 Å². The highest BCUT2D eigenvalue weighted by Crippen LogP contribution is 2.19. The van der Waals surface area contributed by atoms with Crippen LogP contribution in [0.15, 0.2) is 35.4 Å². The van der Waals surface area contributed by atoms with Gasteiger partial charge in [0.05, 0.1) is 24.7 Å². The number of halogens is 1. The van der Waals surface area contributed by atoms with Gasteiger partial charge in [0.25, 0.3) is 5.56 Å². The van der Waals surface area contributed by atoms with E-state index in [1.807, 2.05) is 0 Å². The van der Waals surface area contributed by atoms with Crippen molar-refractivity contribution >= 4 is 5.97 Å². The minimum absolute atomic E-state index is 0.0644. The summed E-state index contributed by atoms with van der Waals surface area (Å²) in [4.78, 5) is 28.7. The standard InChI is InChI=1S/C12H9FN2O3/c1-18-12(17)8-2-7(3-9(13)4-8)10-5-11(16)15-6-14-10/h2-6H,1H3,(H,14,15,16). The summed E-state index contributed by atoms with van der Waals surface area (Å²) in [7, 11) is 1.21. The van der Waals surface area contributed by atoms with Crippen molar-refractivity contribution in [3.8, 4) is 11.3 Å². The van der Waals surface area contributed by atoms with Gasteiger partial charge in [0.2, 0.25) is 0 Å². The topological polar surface area (TPSA) is 72.1 Å². The fourth-order valence-corrected chi connectivity index (χ4v) is 1.50. The lowest BCUT2D eigenvalue weighted by Gasteiger charge is -2.04. The fraction of sp³-hybridized carbons (Fsp3) is 0.0833. The van der Waals surface area contributed by atoms with Crippen molar-refractivity contribution in [2.75, 3.05) is 7.11 Å². The van der Waals surface area contributed by atoms with E-state index < -0.39 is 11.8 Å². The summed E-state index contributed by atoms with van der Waals surface area (Å²) in [6, 6.07) is 4.88. The van der Waals surface area contributed by atoms with Gasteiger partial charge in [0.1, 0.15) is 5.82 Å². The number of rotatable bonds is 2. The quantitative estimate of drug-likeness (QED) is 0.814. The Bertz CT molecular complexity index is 652. The zero-order chi connectivity index (χ0) is 13.1. The van der Waals surface area contributed by atoms with Gasteiger partial charge in [-0.3, -0.25) is 4.79 Å². The van der Waals surface area contributed by atoms with E-state index >= 15 is 0 Å². The smallest absolute Gasteiger partial charge is 0.337 e. The Morgan fingerprint density at radius 3 is 2.78 bits per heavy atom. The second kappa shape index (κ2) is 4.79. The van der Waals surface area contributed by atoms with Crippen LogP contribution < -0.4 is 5.56 Å². The number of ether oxygens (including phenoxy) is 1. The molecule has 1 heterocycles. The molecule has 0 spiro atoms. The molecule has 2 aromatic rings. The monoisotopic (exact) mass is 248 g/mol. The summed E-state index contributed by atoms with van der Waals surface area (Å²) >= 11 is 0. The van der Waals surface area contributed by atoms with Crippen LogP contribution in [-0.4, -0.2) is 23.0 Å². The first-order valence-electron chi connectivity index (χ1n) is 5.04. The second-order valence-electron chi connectivity index (χ2n) is 3.52. The molecule has 0 unspecified atom stereocenters. The molecule has 0 aliphatic rings. The predicted octanol–water partition coefficient (Wildman–Crippen LogP) is 1.36. The van der Waals surface area contributed by atoms with E-state index in [4.69, 9.17) is 0 Å². The van der Waals surface area contributed by atoms with E-state index in [1.165, 1.54) is 31.6 Å². The van der Waals surface area contributed by atoms with E-state index in [0.717, 1.165) is 6.07 Å². The maximum atomic E-state index is 13.4. The summed E-state index contributed by atoms with van der Waals surface area (Å²) in [5.41, 5.74) is 0.323. The average molecular weight is 248 g/mol. The van der Waals surface area contributed by atoms with Gasteiger partial charge in [-0.2, -0.15) is 0 Å². The normalized spacial score (nSPS) is 10.1. The maximum absolute atomic E-state index is 13.4. The third kappa shape index (κ3) is 2.42. The number of hydrogen-bond acceptors (Lipinski definition) is 4. The molecule has 0 aliphatic carbocycles. The van der Waals surface area contributed by atoms with Crippen molar-refractivity contribution in [3.63, 3.8) is 0 Å². The molecule has 0 saturated carbocycles. The lowest BCUT2D eigenvalue weighted by Crippen LogP contribution is -2.06. The van der Waals surface area contributed by atoms with E-state index in [-0.39, 0.29) is 16.8 Å². The summed E-state index contributed by atoms with van der Waals surface area (Å²) in [5.74, 6) is -1.25. The Morgan fingerprint density at radius 1 is 1.33 bits per heavy atom. The van der Waals surface area contributed by atoms with Gasteiger partial charge < -0.3 is 9.72 Å². The molecule has 0 atom stereocenters. The number of benzene rings is 1. The number of aromatic nitrogens is 2. The summed E-state index contributed by atoms with van der Waals surface area (Å²) in [6.45, 7) is 0. The second-order valence-corrected chi connectivity index (χ2v) is 3.52. The lowest BCUT2D eigenvalue weighted by atomic mass is 10.1. The lowest BCUT2D eigenvalue weighted by molar-refractivity contribution is 0.0600. The van der Waals surface area contributed by atoms with Gasteiger partial charge in [0.15, 0.2) is 0 Å². The number of esters is 1. The van der Waals surface area contributed by atoms with Gasteiger partial charge in [-0.15, -0.1) is 0 Å². The van der Waals surface area contributed by atoms with E-state index in [9.17, 15) is 14.0 Å². The highest BCUT2D eigenvalue weighted by atomic mass is 19.1. The molecule has 18 heavy (non-hydrogen) atoms. The molecule has 92 valence electrons. The van der Waals surface area contributed by atoms with Gasteiger partial charge in [-0.05, 0) is 18.2 Å². The Hall–Kier alpha value is -2.50. The number of carbonyl (C=O) groups excluding carboxylic acids is 1. The largest absolute Gasteiger partial charge is 0.465 e. The van der Waals surface area contributed by atoms with Crippen molar-refractivity contribution < 1.29 is 13.9 Å². The molecule has 0 radical (unpaired) electrons. The van der Waals surface area contributed by atoms with Crippen molar-refractivity contribution in [2.24, 2.45) is 0 Å². The number of nitrogens with zero attached hydrogens (tertiary/aromatic N) is 1. The van der Waals surface area contributed by atoms with Gasteiger partial charge >= 0.3 is 5.97 Å². The number of methoxy groups -OCH3 is 1. The molecule has 0 fully saturated rings. The van der Waals surface area contributed by atoms with Crippen LogP contribution in [0.5, 0.6) is 0 Å². The number of hydrogen-bond donors (Lipinski definition) is 1. The van der Waals surface area contributed by atoms with E-state index in [1.54, 1.807) is 0 Å². The number of nitrogens with one attached hydrogen (secondary N) is 1. The van der Waals surface area contributed by atoms with Crippen LogP contribution in [0.1, 0.15) is 10.4 Å². The first-order chi connectivity index (χ1) is 8.60. The third-order valence-corrected chi connectivity index (χ3v) is 2.29. The third-order valence-electron chi connectivity index (χ3n) is 2.29. The van der Waals surface area contributed by atoms with Crippen molar-refractivity contribution in [1.82, 2.24) is 9.97 Å². The van der Waals surface area contributed by atoms with Gasteiger partial charge in [-0.25, -0.2) is 14.2 Å². The Labute approximate surface area is 101 Å². The highest BCUT2D eigenvalue weighted by molar-refractivity contribution is 5.90. The van der Waals surface area contributed by atoms with Crippen LogP contribution in [-0.2, 0) is 4.74 Å². The SMILES string of the molecule is COC(=O)c1cc(F)cc(-c2cc(=O)[nH]cn2)c1. The van der Waals surface area contributed by atoms with Crippen LogP contribution in [0.2, 0.25) is 0 Å². The zero-order valence-corrected chi connectivity index (χ0v) is 9.44. The van der Waals surface area contributed by atoms with Crippen molar-refractivity contribution in [2.45, 2.75) is 0 Å². The summed E-state index contributed by atoms with van der Waals surface area (Å²) < 4.78 is 17.9. The Balaban J connectivity index is 2.55. The Kier molecular flexibility index (Phi) is 3.18. The number of carbonyl (C=O) groups is 1. The molecule has 1 N–H and O–H groups in total. The van der Waals surface area contributed by atoms with Crippen LogP contribution in [0.3, 0.4) is 0 Å². The zero-order valence-electron chi connectivity index (χ0n) is 9.44. The van der Waals surface area contributed by atoms with Crippen molar-refractivity contribution in [1.29, 1.82) is 0 Å². The van der Waals surface area contributed by atoms with E-state index in [2.05, 4.69) is 14.7 Å². The van der Waals surface area contributed by atoms with Gasteiger partial charge in [0, 0.05) is 11.6 Å². The molecule has 6 heteroatoms. The molecule has 5 nitrogen and oxygen atoms in total. The predicted molar refractivity (Wildman–Crippen MR) is 61.6 cm³/mol. The molecule has 0 bridgehead atoms. The van der Waals surface area contributed by atoms with Crippen LogP contribution in [0.4, 0.5) is 4.39 Å². The average Bonchev–Trinajstić information content (AvgIpc) is 2.37. The molecule has 0 aliphatic heterocycles. The van der Waals surface area contributed by atoms with Crippen LogP contribution in [0, 0.1) is 5.82 Å². The summed E-state index contributed by atoms with van der Waals surface area (Å²) in [5, 5.41) is 0. The molecule has 0 saturated heterocycles.